The van der Waals surface area contributed by atoms with E-state index in [0.717, 1.165) is 5.56 Å². The van der Waals surface area contributed by atoms with Crippen LogP contribution < -0.4 is 5.32 Å². The smallest absolute Gasteiger partial charge is 0.244 e. The molecule has 0 saturated carbocycles. The van der Waals surface area contributed by atoms with Gasteiger partial charge in [0.25, 0.3) is 0 Å². The number of hydrogen-bond acceptors (Lipinski definition) is 3. The van der Waals surface area contributed by atoms with Gasteiger partial charge in [-0.1, -0.05) is 23.7 Å². The summed E-state index contributed by atoms with van der Waals surface area (Å²) in [6.45, 7) is 0.892. The first-order valence-corrected chi connectivity index (χ1v) is 9.26. The van der Waals surface area contributed by atoms with Gasteiger partial charge in [0.1, 0.15) is 0 Å². The number of piperidine rings is 1. The third-order valence-corrected chi connectivity index (χ3v) is 5.08. The van der Waals surface area contributed by atoms with E-state index in [1.807, 2.05) is 12.1 Å². The summed E-state index contributed by atoms with van der Waals surface area (Å²) in [5.74, 6) is -0.183. The maximum Gasteiger partial charge on any atom is 0.244 e. The lowest BCUT2D eigenvalue weighted by molar-refractivity contribution is -0.117. The highest BCUT2D eigenvalue weighted by molar-refractivity contribution is 7.88. The zero-order chi connectivity index (χ0) is 16.2. The Morgan fingerprint density at radius 2 is 2.05 bits per heavy atom. The van der Waals surface area contributed by atoms with Crippen LogP contribution in [-0.2, 0) is 14.8 Å². The Labute approximate surface area is 136 Å². The van der Waals surface area contributed by atoms with Crippen molar-refractivity contribution in [1.29, 1.82) is 0 Å². The summed E-state index contributed by atoms with van der Waals surface area (Å²) >= 11 is 5.88. The van der Waals surface area contributed by atoms with Crippen molar-refractivity contribution < 1.29 is 13.2 Å². The summed E-state index contributed by atoms with van der Waals surface area (Å²) < 4.78 is 24.3. The molecule has 1 aliphatic heterocycles. The summed E-state index contributed by atoms with van der Waals surface area (Å²) in [6, 6.07) is 7.24. The molecule has 1 aromatic carbocycles. The molecule has 22 heavy (non-hydrogen) atoms. The fraction of sp³-hybridized carbons (Fsp3) is 0.400. The second-order valence-electron chi connectivity index (χ2n) is 5.33. The van der Waals surface area contributed by atoms with E-state index < -0.39 is 10.0 Å². The Bertz CT molecular complexity index is 665. The Morgan fingerprint density at radius 3 is 2.64 bits per heavy atom. The van der Waals surface area contributed by atoms with Crippen molar-refractivity contribution in [2.24, 2.45) is 0 Å². The van der Waals surface area contributed by atoms with Gasteiger partial charge in [0.2, 0.25) is 15.9 Å². The molecule has 0 unspecified atom stereocenters. The zero-order valence-electron chi connectivity index (χ0n) is 12.3. The molecule has 1 heterocycles. The van der Waals surface area contributed by atoms with Gasteiger partial charge in [0.15, 0.2) is 0 Å². The standard InChI is InChI=1S/C15H19ClN2O3S/c1-22(20,21)18-9-7-14(8-10-18)17-15(19)6-5-12-3-2-4-13(16)11-12/h2-6,11,14H,7-10H2,1H3,(H,17,19)/b6-5-. The van der Waals surface area contributed by atoms with E-state index in [-0.39, 0.29) is 11.9 Å². The second kappa shape index (κ2) is 7.26. The van der Waals surface area contributed by atoms with Gasteiger partial charge in [-0.3, -0.25) is 4.79 Å². The van der Waals surface area contributed by atoms with E-state index >= 15 is 0 Å². The molecule has 1 N–H and O–H groups in total. The van der Waals surface area contributed by atoms with E-state index in [4.69, 9.17) is 11.6 Å². The summed E-state index contributed by atoms with van der Waals surface area (Å²) in [7, 11) is -3.13. The number of halogens is 1. The molecule has 1 fully saturated rings. The van der Waals surface area contributed by atoms with Gasteiger partial charge in [-0.05, 0) is 36.6 Å². The second-order valence-corrected chi connectivity index (χ2v) is 7.75. The van der Waals surface area contributed by atoms with Gasteiger partial charge in [0, 0.05) is 30.2 Å². The molecule has 1 amide bonds. The van der Waals surface area contributed by atoms with Gasteiger partial charge in [0.05, 0.1) is 6.26 Å². The van der Waals surface area contributed by atoms with Crippen LogP contribution in [-0.4, -0.2) is 44.0 Å². The van der Waals surface area contributed by atoms with Crippen LogP contribution >= 0.6 is 11.6 Å². The summed E-state index contributed by atoms with van der Waals surface area (Å²) in [5.41, 5.74) is 0.856. The van der Waals surface area contributed by atoms with Crippen LogP contribution in [0, 0.1) is 0 Å². The van der Waals surface area contributed by atoms with Gasteiger partial charge in [-0.25, -0.2) is 12.7 Å². The molecule has 5 nitrogen and oxygen atoms in total. The average Bonchev–Trinajstić information content (AvgIpc) is 2.45. The highest BCUT2D eigenvalue weighted by Crippen LogP contribution is 2.14. The lowest BCUT2D eigenvalue weighted by atomic mass is 10.1. The first-order chi connectivity index (χ1) is 10.3. The maximum absolute atomic E-state index is 11.9. The normalized spacial score (nSPS) is 17.7. The van der Waals surface area contributed by atoms with Crippen molar-refractivity contribution in [3.63, 3.8) is 0 Å². The number of benzene rings is 1. The van der Waals surface area contributed by atoms with Crippen molar-refractivity contribution in [2.75, 3.05) is 19.3 Å². The minimum atomic E-state index is -3.13. The maximum atomic E-state index is 11.9. The number of carbonyl (C=O) groups is 1. The van der Waals surface area contributed by atoms with Gasteiger partial charge < -0.3 is 5.32 Å². The molecule has 0 atom stereocenters. The molecular weight excluding hydrogens is 324 g/mol. The number of sulfonamides is 1. The van der Waals surface area contributed by atoms with Gasteiger partial charge in [-0.2, -0.15) is 0 Å². The van der Waals surface area contributed by atoms with E-state index in [1.165, 1.54) is 16.6 Å². The minimum absolute atomic E-state index is 0.00881. The summed E-state index contributed by atoms with van der Waals surface area (Å²) in [6.07, 6.45) is 5.63. The molecular formula is C15H19ClN2O3S. The molecule has 0 bridgehead atoms. The predicted octanol–water partition coefficient (Wildman–Crippen LogP) is 1.89. The molecule has 0 aliphatic carbocycles. The van der Waals surface area contributed by atoms with Crippen LogP contribution in [0.5, 0.6) is 0 Å². The Kier molecular flexibility index (Phi) is 5.61. The van der Waals surface area contributed by atoms with Crippen molar-refractivity contribution in [2.45, 2.75) is 18.9 Å². The first kappa shape index (κ1) is 17.0. The molecule has 0 spiro atoms. The highest BCUT2D eigenvalue weighted by atomic mass is 35.5. The Balaban J connectivity index is 1.83. The molecule has 2 rings (SSSR count). The van der Waals surface area contributed by atoms with Crippen LogP contribution in [0.4, 0.5) is 0 Å². The minimum Gasteiger partial charge on any atom is -0.350 e. The fourth-order valence-electron chi connectivity index (χ4n) is 2.36. The fourth-order valence-corrected chi connectivity index (χ4v) is 3.44. The number of rotatable bonds is 4. The summed E-state index contributed by atoms with van der Waals surface area (Å²) in [4.78, 5) is 11.9. The topological polar surface area (TPSA) is 66.5 Å². The van der Waals surface area contributed by atoms with Crippen LogP contribution in [0.15, 0.2) is 30.3 Å². The average molecular weight is 343 g/mol. The van der Waals surface area contributed by atoms with Crippen molar-refractivity contribution in [1.82, 2.24) is 9.62 Å². The quantitative estimate of drug-likeness (QED) is 0.850. The molecule has 0 aromatic heterocycles. The van der Waals surface area contributed by atoms with Crippen LogP contribution in [0.3, 0.4) is 0 Å². The van der Waals surface area contributed by atoms with E-state index in [1.54, 1.807) is 18.2 Å². The zero-order valence-corrected chi connectivity index (χ0v) is 13.9. The van der Waals surface area contributed by atoms with Crippen LogP contribution in [0.2, 0.25) is 5.02 Å². The van der Waals surface area contributed by atoms with Crippen LogP contribution in [0.1, 0.15) is 18.4 Å². The number of amides is 1. The lowest BCUT2D eigenvalue weighted by Gasteiger charge is -2.30. The third-order valence-electron chi connectivity index (χ3n) is 3.55. The third kappa shape index (κ3) is 5.12. The highest BCUT2D eigenvalue weighted by Gasteiger charge is 2.25. The molecule has 1 saturated heterocycles. The predicted molar refractivity (Wildman–Crippen MR) is 88.1 cm³/mol. The van der Waals surface area contributed by atoms with E-state index in [0.29, 0.717) is 31.0 Å². The van der Waals surface area contributed by atoms with E-state index in [9.17, 15) is 13.2 Å². The van der Waals surface area contributed by atoms with Crippen molar-refractivity contribution >= 4 is 33.6 Å². The summed E-state index contributed by atoms with van der Waals surface area (Å²) in [5, 5.41) is 3.52. The van der Waals surface area contributed by atoms with Crippen LogP contribution in [0.25, 0.3) is 6.08 Å². The van der Waals surface area contributed by atoms with Gasteiger partial charge in [-0.15, -0.1) is 0 Å². The SMILES string of the molecule is CS(=O)(=O)N1CCC(NC(=O)/C=C\c2cccc(Cl)c2)CC1. The van der Waals surface area contributed by atoms with E-state index in [2.05, 4.69) is 5.32 Å². The molecule has 7 heteroatoms. The Hall–Kier alpha value is -1.37. The van der Waals surface area contributed by atoms with Gasteiger partial charge >= 0.3 is 0 Å². The number of nitrogens with one attached hydrogen (secondary N) is 1. The molecule has 1 aromatic rings. The monoisotopic (exact) mass is 342 g/mol. The molecule has 120 valence electrons. The molecule has 1 aliphatic rings. The molecule has 0 radical (unpaired) electrons. The number of carbonyl (C=O) groups excluding carboxylic acids is 1. The van der Waals surface area contributed by atoms with Crippen molar-refractivity contribution in [3.8, 4) is 0 Å². The van der Waals surface area contributed by atoms with Crippen molar-refractivity contribution in [3.05, 3.63) is 40.9 Å². The lowest BCUT2D eigenvalue weighted by Crippen LogP contribution is -2.45. The largest absolute Gasteiger partial charge is 0.350 e. The first-order valence-electron chi connectivity index (χ1n) is 7.04. The Morgan fingerprint density at radius 1 is 1.36 bits per heavy atom. The number of nitrogens with zero attached hydrogens (tertiary/aromatic N) is 1. The number of hydrogen-bond donors (Lipinski definition) is 1.